The minimum atomic E-state index is -0.445. The van der Waals surface area contributed by atoms with Gasteiger partial charge in [-0.2, -0.15) is 5.26 Å². The standard InChI is InChI=1S/C12H18N2S.ClH/c1-2-3-4-5-6-10-7-8-12(15-10)11(14)9-13;/h7-8,11H,2-6,14H2,1H3;1H. The number of nitrogens with zero attached hydrogens (tertiary/aromatic N) is 1. The molecule has 4 heteroatoms. The number of nitriles is 1. The molecule has 0 amide bonds. The van der Waals surface area contributed by atoms with E-state index in [0.717, 1.165) is 11.3 Å². The molecule has 1 atom stereocenters. The maximum atomic E-state index is 8.68. The van der Waals surface area contributed by atoms with Crippen LogP contribution in [0.1, 0.15) is 48.4 Å². The first-order valence-corrected chi connectivity index (χ1v) is 6.33. The maximum absolute atomic E-state index is 8.68. The number of rotatable bonds is 6. The van der Waals surface area contributed by atoms with E-state index in [-0.39, 0.29) is 12.4 Å². The molecule has 1 heterocycles. The second-order valence-electron chi connectivity index (χ2n) is 3.72. The van der Waals surface area contributed by atoms with Crippen molar-refractivity contribution in [2.24, 2.45) is 5.73 Å². The van der Waals surface area contributed by atoms with Gasteiger partial charge in [0.25, 0.3) is 0 Å². The fraction of sp³-hybridized carbons (Fsp3) is 0.583. The zero-order chi connectivity index (χ0) is 11.1. The highest BCUT2D eigenvalue weighted by Crippen LogP contribution is 2.23. The smallest absolute Gasteiger partial charge is 0.128 e. The van der Waals surface area contributed by atoms with E-state index in [2.05, 4.69) is 19.1 Å². The van der Waals surface area contributed by atoms with Gasteiger partial charge in [0.1, 0.15) is 6.04 Å². The molecule has 0 aliphatic carbocycles. The van der Waals surface area contributed by atoms with Crippen LogP contribution >= 0.6 is 23.7 Å². The fourth-order valence-corrected chi connectivity index (χ4v) is 2.49. The lowest BCUT2D eigenvalue weighted by molar-refractivity contribution is 0.670. The van der Waals surface area contributed by atoms with E-state index in [4.69, 9.17) is 11.0 Å². The molecule has 16 heavy (non-hydrogen) atoms. The molecule has 0 bridgehead atoms. The quantitative estimate of drug-likeness (QED) is 0.789. The summed E-state index contributed by atoms with van der Waals surface area (Å²) >= 11 is 1.68. The maximum Gasteiger partial charge on any atom is 0.128 e. The van der Waals surface area contributed by atoms with Gasteiger partial charge in [-0.15, -0.1) is 23.7 Å². The number of hydrogen-bond acceptors (Lipinski definition) is 3. The predicted octanol–water partition coefficient (Wildman–Crippen LogP) is 3.82. The number of nitrogens with two attached hydrogens (primary N) is 1. The molecule has 1 unspecified atom stereocenters. The lowest BCUT2D eigenvalue weighted by atomic mass is 10.1. The van der Waals surface area contributed by atoms with Crippen molar-refractivity contribution < 1.29 is 0 Å². The summed E-state index contributed by atoms with van der Waals surface area (Å²) in [6, 6.07) is 5.69. The molecule has 2 nitrogen and oxygen atoms in total. The van der Waals surface area contributed by atoms with Gasteiger partial charge in [-0.3, -0.25) is 0 Å². The van der Waals surface area contributed by atoms with Crippen LogP contribution in [-0.4, -0.2) is 0 Å². The van der Waals surface area contributed by atoms with Gasteiger partial charge in [0.2, 0.25) is 0 Å². The Balaban J connectivity index is 0.00000225. The van der Waals surface area contributed by atoms with Gasteiger partial charge >= 0.3 is 0 Å². The third kappa shape index (κ3) is 4.98. The first-order valence-electron chi connectivity index (χ1n) is 5.51. The molecule has 0 aliphatic rings. The minimum Gasteiger partial charge on any atom is -0.312 e. The lowest BCUT2D eigenvalue weighted by Gasteiger charge is -1.98. The van der Waals surface area contributed by atoms with E-state index in [1.54, 1.807) is 11.3 Å². The van der Waals surface area contributed by atoms with Gasteiger partial charge in [0.05, 0.1) is 6.07 Å². The Hall–Kier alpha value is -0.560. The van der Waals surface area contributed by atoms with E-state index in [9.17, 15) is 0 Å². The Labute approximate surface area is 108 Å². The zero-order valence-corrected chi connectivity index (χ0v) is 11.2. The first kappa shape index (κ1) is 15.4. The average molecular weight is 259 g/mol. The van der Waals surface area contributed by atoms with Crippen LogP contribution < -0.4 is 5.73 Å². The average Bonchev–Trinajstić information content (AvgIpc) is 2.72. The molecular formula is C12H19ClN2S. The summed E-state index contributed by atoms with van der Waals surface area (Å²) in [6.45, 7) is 2.22. The van der Waals surface area contributed by atoms with Crippen molar-refractivity contribution in [3.8, 4) is 6.07 Å². The highest BCUT2D eigenvalue weighted by Gasteiger charge is 2.07. The van der Waals surface area contributed by atoms with Crippen LogP contribution in [0.25, 0.3) is 0 Å². The highest BCUT2D eigenvalue weighted by atomic mass is 35.5. The van der Waals surface area contributed by atoms with Gasteiger partial charge in [-0.1, -0.05) is 26.2 Å². The van der Waals surface area contributed by atoms with E-state index < -0.39 is 6.04 Å². The Kier molecular flexibility index (Phi) is 8.28. The van der Waals surface area contributed by atoms with Gasteiger partial charge < -0.3 is 5.73 Å². The highest BCUT2D eigenvalue weighted by molar-refractivity contribution is 7.12. The second kappa shape index (κ2) is 8.58. The molecule has 0 spiro atoms. The number of unbranched alkanes of at least 4 members (excludes halogenated alkanes) is 3. The van der Waals surface area contributed by atoms with E-state index >= 15 is 0 Å². The summed E-state index contributed by atoms with van der Waals surface area (Å²) in [5.74, 6) is 0. The molecule has 90 valence electrons. The summed E-state index contributed by atoms with van der Waals surface area (Å²) in [6.07, 6.45) is 6.26. The van der Waals surface area contributed by atoms with Crippen molar-refractivity contribution in [1.29, 1.82) is 5.26 Å². The first-order chi connectivity index (χ1) is 7.27. The van der Waals surface area contributed by atoms with Crippen LogP contribution in [0, 0.1) is 11.3 Å². The Morgan fingerprint density at radius 3 is 2.75 bits per heavy atom. The molecule has 0 fully saturated rings. The number of thiophene rings is 1. The zero-order valence-electron chi connectivity index (χ0n) is 9.61. The molecular weight excluding hydrogens is 240 g/mol. The molecule has 2 N–H and O–H groups in total. The Morgan fingerprint density at radius 1 is 1.38 bits per heavy atom. The van der Waals surface area contributed by atoms with Crippen LogP contribution in [-0.2, 0) is 6.42 Å². The third-order valence-electron chi connectivity index (χ3n) is 2.40. The molecule has 1 aromatic heterocycles. The normalized spacial score (nSPS) is 11.6. The summed E-state index contributed by atoms with van der Waals surface area (Å²) in [4.78, 5) is 2.34. The third-order valence-corrected chi connectivity index (χ3v) is 3.63. The van der Waals surface area contributed by atoms with E-state index in [1.807, 2.05) is 6.07 Å². The van der Waals surface area contributed by atoms with Crippen molar-refractivity contribution in [1.82, 2.24) is 0 Å². The van der Waals surface area contributed by atoms with Crippen LogP contribution in [0.2, 0.25) is 0 Å². The van der Waals surface area contributed by atoms with E-state index in [0.29, 0.717) is 0 Å². The SMILES string of the molecule is CCCCCCc1ccc(C(N)C#N)s1.Cl. The molecule has 1 aromatic rings. The van der Waals surface area contributed by atoms with Crippen LogP contribution in [0.15, 0.2) is 12.1 Å². The Morgan fingerprint density at radius 2 is 2.12 bits per heavy atom. The summed E-state index contributed by atoms with van der Waals surface area (Å²) < 4.78 is 0. The molecule has 0 radical (unpaired) electrons. The Bertz CT molecular complexity index is 330. The van der Waals surface area contributed by atoms with Gasteiger partial charge in [-0.25, -0.2) is 0 Å². The van der Waals surface area contributed by atoms with Crippen molar-refractivity contribution in [3.63, 3.8) is 0 Å². The number of aryl methyl sites for hydroxylation is 1. The fourth-order valence-electron chi connectivity index (χ4n) is 1.49. The molecule has 0 saturated carbocycles. The van der Waals surface area contributed by atoms with Gasteiger partial charge in [0.15, 0.2) is 0 Å². The summed E-state index contributed by atoms with van der Waals surface area (Å²) in [5.41, 5.74) is 5.63. The lowest BCUT2D eigenvalue weighted by Crippen LogP contribution is -2.04. The molecule has 0 aromatic carbocycles. The minimum absolute atomic E-state index is 0. The molecule has 0 aliphatic heterocycles. The topological polar surface area (TPSA) is 49.8 Å². The second-order valence-corrected chi connectivity index (χ2v) is 4.92. The van der Waals surface area contributed by atoms with E-state index in [1.165, 1.54) is 30.6 Å². The van der Waals surface area contributed by atoms with Crippen LogP contribution in [0.4, 0.5) is 0 Å². The van der Waals surface area contributed by atoms with Crippen molar-refractivity contribution in [2.75, 3.05) is 0 Å². The van der Waals surface area contributed by atoms with Crippen molar-refractivity contribution >= 4 is 23.7 Å². The van der Waals surface area contributed by atoms with Crippen LogP contribution in [0.3, 0.4) is 0 Å². The largest absolute Gasteiger partial charge is 0.312 e. The van der Waals surface area contributed by atoms with Gasteiger partial charge in [-0.05, 0) is 25.0 Å². The van der Waals surface area contributed by atoms with Crippen molar-refractivity contribution in [3.05, 3.63) is 21.9 Å². The predicted molar refractivity (Wildman–Crippen MR) is 72.0 cm³/mol. The molecule has 0 saturated heterocycles. The summed E-state index contributed by atoms with van der Waals surface area (Å²) in [7, 11) is 0. The monoisotopic (exact) mass is 258 g/mol. The number of halogens is 1. The van der Waals surface area contributed by atoms with Crippen molar-refractivity contribution in [2.45, 2.75) is 45.1 Å². The summed E-state index contributed by atoms with van der Waals surface area (Å²) in [5, 5.41) is 8.68. The number of hydrogen-bond donors (Lipinski definition) is 1. The van der Waals surface area contributed by atoms with Crippen LogP contribution in [0.5, 0.6) is 0 Å². The van der Waals surface area contributed by atoms with Gasteiger partial charge in [0, 0.05) is 9.75 Å². The molecule has 1 rings (SSSR count).